The van der Waals surface area contributed by atoms with Crippen LogP contribution in [0, 0.1) is 17.6 Å². The van der Waals surface area contributed by atoms with E-state index in [2.05, 4.69) is 0 Å². The van der Waals surface area contributed by atoms with E-state index in [1.54, 1.807) is 0 Å². The Morgan fingerprint density at radius 3 is 2.33 bits per heavy atom. The lowest BCUT2D eigenvalue weighted by molar-refractivity contribution is -0.0285. The fraction of sp³-hybridized carbons (Fsp3) is 0.647. The van der Waals surface area contributed by atoms with Gasteiger partial charge in [-0.1, -0.05) is 34.6 Å². The minimum atomic E-state index is -0.479. The van der Waals surface area contributed by atoms with Crippen LogP contribution in [0.25, 0.3) is 0 Å². The standard InChI is InChI=1S/C13H14F2O2.2C2H6/c1-13-4-5-16-6-8(13)7-17-12-10(15)3-2-9(14)11(12)13;2*1-2/h2-3,8H,4-7H2,1H3;2*1-2H3. The van der Waals surface area contributed by atoms with Gasteiger partial charge in [0.1, 0.15) is 5.82 Å². The van der Waals surface area contributed by atoms with Crippen molar-refractivity contribution in [2.75, 3.05) is 19.8 Å². The fourth-order valence-corrected chi connectivity index (χ4v) is 2.85. The summed E-state index contributed by atoms with van der Waals surface area (Å²) in [6, 6.07) is 2.30. The summed E-state index contributed by atoms with van der Waals surface area (Å²) in [5.74, 6) is -0.672. The average Bonchev–Trinajstić information content (AvgIpc) is 2.53. The van der Waals surface area contributed by atoms with Gasteiger partial charge in [0.2, 0.25) is 0 Å². The molecule has 1 aromatic rings. The Hall–Kier alpha value is -1.16. The van der Waals surface area contributed by atoms with Crippen molar-refractivity contribution in [2.45, 2.75) is 46.5 Å². The van der Waals surface area contributed by atoms with Crippen molar-refractivity contribution in [3.05, 3.63) is 29.3 Å². The van der Waals surface area contributed by atoms with Gasteiger partial charge < -0.3 is 9.47 Å². The van der Waals surface area contributed by atoms with Gasteiger partial charge >= 0.3 is 0 Å². The molecule has 1 saturated heterocycles. The van der Waals surface area contributed by atoms with E-state index in [4.69, 9.17) is 9.47 Å². The van der Waals surface area contributed by atoms with E-state index in [9.17, 15) is 8.78 Å². The molecule has 120 valence electrons. The Morgan fingerprint density at radius 2 is 1.67 bits per heavy atom. The maximum absolute atomic E-state index is 14.0. The Bertz CT molecular complexity index is 462. The summed E-state index contributed by atoms with van der Waals surface area (Å²) < 4.78 is 38.4. The number of hydrogen-bond acceptors (Lipinski definition) is 2. The molecule has 0 aliphatic carbocycles. The van der Waals surface area contributed by atoms with Crippen molar-refractivity contribution in [1.29, 1.82) is 0 Å². The third-order valence-electron chi connectivity index (χ3n) is 4.04. The van der Waals surface area contributed by atoms with Crippen LogP contribution in [0.5, 0.6) is 5.75 Å². The zero-order valence-corrected chi connectivity index (χ0v) is 13.6. The minimum absolute atomic E-state index is 0.0886. The van der Waals surface area contributed by atoms with Crippen LogP contribution in [-0.2, 0) is 10.2 Å². The molecule has 4 heteroatoms. The molecule has 0 amide bonds. The summed E-state index contributed by atoms with van der Waals surface area (Å²) in [7, 11) is 0. The second-order valence-corrected chi connectivity index (χ2v) is 4.98. The van der Waals surface area contributed by atoms with Gasteiger partial charge in [0.15, 0.2) is 11.6 Å². The largest absolute Gasteiger partial charge is 0.490 e. The zero-order valence-electron chi connectivity index (χ0n) is 13.6. The topological polar surface area (TPSA) is 18.5 Å². The van der Waals surface area contributed by atoms with Gasteiger partial charge in [-0.2, -0.15) is 0 Å². The van der Waals surface area contributed by atoms with Crippen LogP contribution >= 0.6 is 0 Å². The first-order valence-corrected chi connectivity index (χ1v) is 7.82. The van der Waals surface area contributed by atoms with Gasteiger partial charge in [-0.15, -0.1) is 0 Å². The molecule has 2 heterocycles. The predicted octanol–water partition coefficient (Wildman–Crippen LogP) is 4.70. The minimum Gasteiger partial charge on any atom is -0.490 e. The summed E-state index contributed by atoms with van der Waals surface area (Å²) in [5.41, 5.74) is 0.00919. The molecule has 3 rings (SSSR count). The summed E-state index contributed by atoms with van der Waals surface area (Å²) in [5, 5.41) is 0. The molecule has 0 saturated carbocycles. The maximum atomic E-state index is 14.0. The summed E-state index contributed by atoms with van der Waals surface area (Å²) in [6.45, 7) is 11.5. The molecule has 2 atom stereocenters. The quantitative estimate of drug-likeness (QED) is 0.691. The van der Waals surface area contributed by atoms with Crippen molar-refractivity contribution in [1.82, 2.24) is 0 Å². The molecule has 0 spiro atoms. The SMILES string of the molecule is CC.CC.CC12CCOCC1COc1c(F)ccc(F)c12. The van der Waals surface area contributed by atoms with Crippen molar-refractivity contribution in [3.8, 4) is 5.75 Å². The number of hydrogen-bond donors (Lipinski definition) is 0. The van der Waals surface area contributed by atoms with Crippen LogP contribution < -0.4 is 4.74 Å². The van der Waals surface area contributed by atoms with Crippen LogP contribution in [0.1, 0.15) is 46.6 Å². The molecule has 21 heavy (non-hydrogen) atoms. The number of ether oxygens (including phenoxy) is 2. The normalized spacial score (nSPS) is 26.0. The molecule has 2 aliphatic heterocycles. The Kier molecular flexibility index (Phi) is 6.59. The second kappa shape index (κ2) is 7.74. The van der Waals surface area contributed by atoms with Gasteiger partial charge in [-0.05, 0) is 18.6 Å². The van der Waals surface area contributed by atoms with Gasteiger partial charge in [-0.25, -0.2) is 8.78 Å². The van der Waals surface area contributed by atoms with E-state index in [0.29, 0.717) is 31.8 Å². The first-order chi connectivity index (χ1) is 10.1. The summed E-state index contributed by atoms with van der Waals surface area (Å²) >= 11 is 0. The molecule has 0 N–H and O–H groups in total. The van der Waals surface area contributed by atoms with E-state index >= 15 is 0 Å². The molecule has 1 aromatic carbocycles. The van der Waals surface area contributed by atoms with E-state index in [0.717, 1.165) is 6.07 Å². The van der Waals surface area contributed by atoms with Crippen LogP contribution in [0.4, 0.5) is 8.78 Å². The summed E-state index contributed by atoms with van der Waals surface area (Å²) in [4.78, 5) is 0. The van der Waals surface area contributed by atoms with Crippen molar-refractivity contribution in [2.24, 2.45) is 5.92 Å². The lowest BCUT2D eigenvalue weighted by atomic mass is 9.67. The van der Waals surface area contributed by atoms with Crippen molar-refractivity contribution < 1.29 is 18.3 Å². The Balaban J connectivity index is 0.000000510. The molecule has 0 bridgehead atoms. The van der Waals surface area contributed by atoms with Gasteiger partial charge in [0, 0.05) is 23.5 Å². The fourth-order valence-electron chi connectivity index (χ4n) is 2.85. The smallest absolute Gasteiger partial charge is 0.165 e. The molecule has 1 fully saturated rings. The van der Waals surface area contributed by atoms with E-state index < -0.39 is 5.82 Å². The third-order valence-corrected chi connectivity index (χ3v) is 4.04. The molecular weight excluding hydrogens is 274 g/mol. The zero-order chi connectivity index (χ0) is 16.0. The highest BCUT2D eigenvalue weighted by Crippen LogP contribution is 2.48. The Labute approximate surface area is 126 Å². The number of fused-ring (bicyclic) bond motifs is 3. The van der Waals surface area contributed by atoms with Crippen LogP contribution in [0.15, 0.2) is 12.1 Å². The lowest BCUT2D eigenvalue weighted by Crippen LogP contribution is -2.47. The predicted molar refractivity (Wildman–Crippen MR) is 80.8 cm³/mol. The molecule has 0 aromatic heterocycles. The highest BCUT2D eigenvalue weighted by molar-refractivity contribution is 5.44. The van der Waals surface area contributed by atoms with E-state index in [1.807, 2.05) is 34.6 Å². The highest BCUT2D eigenvalue weighted by Gasteiger charge is 2.46. The van der Waals surface area contributed by atoms with Gasteiger partial charge in [0.05, 0.1) is 13.2 Å². The molecule has 0 radical (unpaired) electrons. The van der Waals surface area contributed by atoms with E-state index in [1.165, 1.54) is 6.07 Å². The molecular formula is C17H26F2O2. The first-order valence-electron chi connectivity index (χ1n) is 7.82. The lowest BCUT2D eigenvalue weighted by Gasteiger charge is -2.45. The first kappa shape index (κ1) is 17.9. The molecule has 2 aliphatic rings. The van der Waals surface area contributed by atoms with Crippen molar-refractivity contribution >= 4 is 0 Å². The number of halogens is 2. The number of benzene rings is 1. The van der Waals surface area contributed by atoms with Crippen LogP contribution in [-0.4, -0.2) is 19.8 Å². The average molecular weight is 300 g/mol. The van der Waals surface area contributed by atoms with Gasteiger partial charge in [-0.3, -0.25) is 0 Å². The van der Waals surface area contributed by atoms with Crippen molar-refractivity contribution in [3.63, 3.8) is 0 Å². The summed E-state index contributed by atoms with van der Waals surface area (Å²) in [6.07, 6.45) is 0.703. The molecule has 2 nitrogen and oxygen atoms in total. The van der Waals surface area contributed by atoms with Gasteiger partial charge in [0.25, 0.3) is 0 Å². The molecule has 2 unspecified atom stereocenters. The van der Waals surface area contributed by atoms with Crippen LogP contribution in [0.2, 0.25) is 0 Å². The maximum Gasteiger partial charge on any atom is 0.165 e. The third kappa shape index (κ3) is 3.20. The van der Waals surface area contributed by atoms with Crippen LogP contribution in [0.3, 0.4) is 0 Å². The highest BCUT2D eigenvalue weighted by atomic mass is 19.1. The monoisotopic (exact) mass is 300 g/mol. The number of rotatable bonds is 0. The Morgan fingerprint density at radius 1 is 1.05 bits per heavy atom. The second-order valence-electron chi connectivity index (χ2n) is 4.98. The van der Waals surface area contributed by atoms with E-state index in [-0.39, 0.29) is 22.9 Å².